The molecule has 0 bridgehead atoms. The molecule has 5 nitrogen and oxygen atoms in total. The summed E-state index contributed by atoms with van der Waals surface area (Å²) in [6.45, 7) is 9.09. The van der Waals surface area contributed by atoms with Gasteiger partial charge in [0.2, 0.25) is 0 Å². The summed E-state index contributed by atoms with van der Waals surface area (Å²) in [6.07, 6.45) is 3.04. The van der Waals surface area contributed by atoms with Crippen molar-refractivity contribution in [2.45, 2.75) is 45.7 Å². The van der Waals surface area contributed by atoms with E-state index in [1.165, 1.54) is 0 Å². The predicted molar refractivity (Wildman–Crippen MR) is 66.8 cm³/mol. The van der Waals surface area contributed by atoms with Crippen molar-refractivity contribution < 1.29 is 14.7 Å². The van der Waals surface area contributed by atoms with Gasteiger partial charge in [-0.2, -0.15) is 0 Å². The van der Waals surface area contributed by atoms with Crippen LogP contribution in [0.5, 0.6) is 0 Å². The van der Waals surface area contributed by atoms with Crippen LogP contribution >= 0.6 is 0 Å². The van der Waals surface area contributed by atoms with Crippen LogP contribution in [0.1, 0.15) is 33.6 Å². The Morgan fingerprint density at radius 3 is 2.35 bits per heavy atom. The van der Waals surface area contributed by atoms with Crippen LogP contribution in [-0.4, -0.2) is 29.2 Å². The summed E-state index contributed by atoms with van der Waals surface area (Å²) in [4.78, 5) is 22.5. The van der Waals surface area contributed by atoms with Crippen molar-refractivity contribution in [3.8, 4) is 0 Å². The number of carbonyl (C=O) groups is 2. The maximum atomic E-state index is 11.5. The molecule has 0 aromatic heterocycles. The number of rotatable bonds is 7. The summed E-state index contributed by atoms with van der Waals surface area (Å²) >= 11 is 0. The fourth-order valence-corrected chi connectivity index (χ4v) is 1.40. The lowest BCUT2D eigenvalue weighted by molar-refractivity contribution is -0.140. The molecule has 0 aliphatic rings. The molecule has 0 aromatic carbocycles. The second kappa shape index (κ2) is 7.70. The van der Waals surface area contributed by atoms with Gasteiger partial charge in [0.15, 0.2) is 0 Å². The maximum absolute atomic E-state index is 11.5. The number of hydrogen-bond donors (Lipinski definition) is 3. The van der Waals surface area contributed by atoms with Crippen molar-refractivity contribution in [2.75, 3.05) is 0 Å². The van der Waals surface area contributed by atoms with Crippen molar-refractivity contribution in [2.24, 2.45) is 5.92 Å². The van der Waals surface area contributed by atoms with Gasteiger partial charge < -0.3 is 15.7 Å². The van der Waals surface area contributed by atoms with Crippen molar-refractivity contribution >= 4 is 12.0 Å². The predicted octanol–water partition coefficient (Wildman–Crippen LogP) is 1.75. The first-order valence-electron chi connectivity index (χ1n) is 5.83. The van der Waals surface area contributed by atoms with E-state index in [4.69, 9.17) is 5.11 Å². The Kier molecular flexibility index (Phi) is 7.02. The van der Waals surface area contributed by atoms with E-state index in [-0.39, 0.29) is 12.0 Å². The molecular formula is C12H22N2O3. The molecule has 2 amide bonds. The molecule has 0 fully saturated rings. The third kappa shape index (κ3) is 5.94. The van der Waals surface area contributed by atoms with Gasteiger partial charge in [-0.1, -0.05) is 26.3 Å². The van der Waals surface area contributed by atoms with Gasteiger partial charge in [0.05, 0.1) is 0 Å². The highest BCUT2D eigenvalue weighted by atomic mass is 16.4. The molecule has 0 saturated carbocycles. The molecule has 0 aliphatic heterocycles. The Hall–Kier alpha value is -1.52. The van der Waals surface area contributed by atoms with Gasteiger partial charge in [-0.15, -0.1) is 6.58 Å². The van der Waals surface area contributed by atoms with E-state index < -0.39 is 18.0 Å². The third-order valence-electron chi connectivity index (χ3n) is 2.66. The Labute approximate surface area is 102 Å². The summed E-state index contributed by atoms with van der Waals surface area (Å²) in [6, 6.07) is -1.36. The highest BCUT2D eigenvalue weighted by Gasteiger charge is 2.25. The molecular weight excluding hydrogens is 220 g/mol. The Morgan fingerprint density at radius 1 is 1.35 bits per heavy atom. The molecule has 0 spiro atoms. The standard InChI is InChI=1S/C12H22N2O3/c1-5-7-9(4)13-12(17)14-10(11(15)16)8(3)6-2/h5,8-10H,1,6-7H2,2-4H3,(H,15,16)(H2,13,14,17). The lowest BCUT2D eigenvalue weighted by Gasteiger charge is -2.21. The van der Waals surface area contributed by atoms with E-state index in [0.29, 0.717) is 12.8 Å². The number of carboxylic acids is 1. The van der Waals surface area contributed by atoms with E-state index in [1.807, 2.05) is 13.8 Å². The number of urea groups is 1. The Balaban J connectivity index is 4.31. The van der Waals surface area contributed by atoms with Crippen molar-refractivity contribution in [1.82, 2.24) is 10.6 Å². The van der Waals surface area contributed by atoms with Gasteiger partial charge in [-0.05, 0) is 19.3 Å². The number of nitrogens with one attached hydrogen (secondary N) is 2. The van der Waals surface area contributed by atoms with E-state index >= 15 is 0 Å². The molecule has 98 valence electrons. The van der Waals surface area contributed by atoms with Gasteiger partial charge in [0, 0.05) is 6.04 Å². The fourth-order valence-electron chi connectivity index (χ4n) is 1.40. The van der Waals surface area contributed by atoms with Crippen molar-refractivity contribution in [3.63, 3.8) is 0 Å². The van der Waals surface area contributed by atoms with Crippen LogP contribution < -0.4 is 10.6 Å². The third-order valence-corrected chi connectivity index (χ3v) is 2.66. The average molecular weight is 242 g/mol. The summed E-state index contributed by atoms with van der Waals surface area (Å²) < 4.78 is 0. The molecule has 0 aliphatic carbocycles. The van der Waals surface area contributed by atoms with Crippen LogP contribution in [0, 0.1) is 5.92 Å². The zero-order valence-electron chi connectivity index (χ0n) is 10.7. The molecule has 0 aromatic rings. The van der Waals surface area contributed by atoms with Crippen LogP contribution in [0.25, 0.3) is 0 Å². The Bertz CT molecular complexity index is 279. The average Bonchev–Trinajstić information content (AvgIpc) is 2.24. The highest BCUT2D eigenvalue weighted by Crippen LogP contribution is 2.07. The molecule has 5 heteroatoms. The number of aliphatic carboxylic acids is 1. The monoisotopic (exact) mass is 242 g/mol. The minimum Gasteiger partial charge on any atom is -0.480 e. The summed E-state index contributed by atoms with van der Waals surface area (Å²) in [7, 11) is 0. The summed E-state index contributed by atoms with van der Waals surface area (Å²) in [5.74, 6) is -1.11. The Morgan fingerprint density at radius 2 is 1.94 bits per heavy atom. The SMILES string of the molecule is C=CCC(C)NC(=O)NC(C(=O)O)C(C)CC. The molecule has 0 radical (unpaired) electrons. The van der Waals surface area contributed by atoms with Gasteiger partial charge in [0.1, 0.15) is 6.04 Å². The van der Waals surface area contributed by atoms with Gasteiger partial charge in [0.25, 0.3) is 0 Å². The number of hydrogen-bond acceptors (Lipinski definition) is 2. The largest absolute Gasteiger partial charge is 0.480 e. The zero-order valence-corrected chi connectivity index (χ0v) is 10.7. The van der Waals surface area contributed by atoms with Gasteiger partial charge in [-0.25, -0.2) is 9.59 Å². The second-order valence-corrected chi connectivity index (χ2v) is 4.24. The van der Waals surface area contributed by atoms with Crippen LogP contribution in [0.15, 0.2) is 12.7 Å². The smallest absolute Gasteiger partial charge is 0.326 e. The first kappa shape index (κ1) is 15.5. The molecule has 17 heavy (non-hydrogen) atoms. The van der Waals surface area contributed by atoms with Crippen molar-refractivity contribution in [1.29, 1.82) is 0 Å². The van der Waals surface area contributed by atoms with Crippen LogP contribution in [0.3, 0.4) is 0 Å². The molecule has 0 rings (SSSR count). The van der Waals surface area contributed by atoms with E-state index in [9.17, 15) is 9.59 Å². The maximum Gasteiger partial charge on any atom is 0.326 e. The molecule has 3 N–H and O–H groups in total. The van der Waals surface area contributed by atoms with Gasteiger partial charge >= 0.3 is 12.0 Å². The first-order chi connectivity index (χ1) is 7.92. The van der Waals surface area contributed by atoms with Crippen LogP contribution in [0.4, 0.5) is 4.79 Å². The number of amides is 2. The summed E-state index contributed by atoms with van der Waals surface area (Å²) in [5.41, 5.74) is 0. The van der Waals surface area contributed by atoms with Crippen molar-refractivity contribution in [3.05, 3.63) is 12.7 Å². The topological polar surface area (TPSA) is 78.4 Å². The first-order valence-corrected chi connectivity index (χ1v) is 5.83. The molecule has 0 saturated heterocycles. The lowest BCUT2D eigenvalue weighted by atomic mass is 9.99. The normalized spacial score (nSPS) is 15.5. The van der Waals surface area contributed by atoms with Crippen LogP contribution in [-0.2, 0) is 4.79 Å². The van der Waals surface area contributed by atoms with Crippen LogP contribution in [0.2, 0.25) is 0 Å². The molecule has 3 unspecified atom stereocenters. The number of carboxylic acid groups (broad SMARTS) is 1. The zero-order chi connectivity index (χ0) is 13.4. The molecule has 0 heterocycles. The second-order valence-electron chi connectivity index (χ2n) is 4.24. The van der Waals surface area contributed by atoms with E-state index in [2.05, 4.69) is 17.2 Å². The minimum atomic E-state index is -1.01. The van der Waals surface area contributed by atoms with E-state index in [1.54, 1.807) is 13.0 Å². The fraction of sp³-hybridized carbons (Fsp3) is 0.667. The van der Waals surface area contributed by atoms with E-state index in [0.717, 1.165) is 0 Å². The number of carbonyl (C=O) groups excluding carboxylic acids is 1. The minimum absolute atomic E-state index is 0.0566. The summed E-state index contributed by atoms with van der Waals surface area (Å²) in [5, 5.41) is 14.1. The lowest BCUT2D eigenvalue weighted by Crippen LogP contribution is -2.50. The quantitative estimate of drug-likeness (QED) is 0.595. The van der Waals surface area contributed by atoms with Gasteiger partial charge in [-0.3, -0.25) is 0 Å². The molecule has 3 atom stereocenters. The highest BCUT2D eigenvalue weighted by molar-refractivity contribution is 5.82.